The van der Waals surface area contributed by atoms with Crippen LogP contribution in [0, 0.1) is 0 Å². The lowest BCUT2D eigenvalue weighted by atomic mass is 10.0. The van der Waals surface area contributed by atoms with Gasteiger partial charge in [-0.05, 0) is 20.3 Å². The van der Waals surface area contributed by atoms with E-state index in [4.69, 9.17) is 9.72 Å². The molecule has 1 aliphatic rings. The average Bonchev–Trinajstić information content (AvgIpc) is 2.81. The molecule has 2 rings (SSSR count). The summed E-state index contributed by atoms with van der Waals surface area (Å²) >= 11 is 1.68. The topological polar surface area (TPSA) is 45.6 Å². The number of ether oxygens (including phenoxy) is 1. The predicted octanol–water partition coefficient (Wildman–Crippen LogP) is 2.20. The largest absolute Gasteiger partial charge is 0.385 e. The third-order valence-corrected chi connectivity index (χ3v) is 5.00. The molecular formula is C15H26N2O2S. The number of nitrogens with zero attached hydrogens (tertiary/aromatic N) is 2. The molecule has 0 saturated carbocycles. The molecule has 114 valence electrons. The molecule has 1 aromatic heterocycles. The van der Waals surface area contributed by atoms with Crippen LogP contribution >= 0.6 is 11.3 Å². The molecule has 2 heterocycles. The highest BCUT2D eigenvalue weighted by molar-refractivity contribution is 7.11. The van der Waals surface area contributed by atoms with Crippen LogP contribution < -0.4 is 0 Å². The summed E-state index contributed by atoms with van der Waals surface area (Å²) < 4.78 is 5.36. The Labute approximate surface area is 125 Å². The molecule has 0 radical (unpaired) electrons. The average molecular weight is 298 g/mol. The second kappa shape index (κ2) is 6.98. The van der Waals surface area contributed by atoms with Gasteiger partial charge in [-0.25, -0.2) is 4.98 Å². The fraction of sp³-hybridized carbons (Fsp3) is 0.800. The van der Waals surface area contributed by atoms with Crippen molar-refractivity contribution in [2.75, 3.05) is 32.8 Å². The summed E-state index contributed by atoms with van der Waals surface area (Å²) in [6, 6.07) is 0. The van der Waals surface area contributed by atoms with Crippen molar-refractivity contribution in [2.45, 2.75) is 45.6 Å². The number of hydrogen-bond acceptors (Lipinski definition) is 5. The van der Waals surface area contributed by atoms with Crippen LogP contribution in [0.5, 0.6) is 0 Å². The Morgan fingerprint density at radius 2 is 2.00 bits per heavy atom. The van der Waals surface area contributed by atoms with E-state index in [1.54, 1.807) is 11.3 Å². The first kappa shape index (κ1) is 15.9. The number of morpholine rings is 1. The zero-order valence-corrected chi connectivity index (χ0v) is 13.6. The molecule has 20 heavy (non-hydrogen) atoms. The van der Waals surface area contributed by atoms with Crippen molar-refractivity contribution in [3.05, 3.63) is 15.6 Å². The molecule has 1 saturated heterocycles. The summed E-state index contributed by atoms with van der Waals surface area (Å²) in [6.45, 7) is 10.6. The van der Waals surface area contributed by atoms with Crippen LogP contribution in [0.25, 0.3) is 0 Å². The monoisotopic (exact) mass is 298 g/mol. The highest BCUT2D eigenvalue weighted by Crippen LogP contribution is 2.31. The van der Waals surface area contributed by atoms with Gasteiger partial charge in [0.1, 0.15) is 0 Å². The van der Waals surface area contributed by atoms with Crippen LogP contribution in [-0.4, -0.2) is 47.8 Å². The van der Waals surface area contributed by atoms with Gasteiger partial charge in [-0.2, -0.15) is 0 Å². The van der Waals surface area contributed by atoms with Crippen molar-refractivity contribution in [3.63, 3.8) is 0 Å². The van der Waals surface area contributed by atoms with E-state index in [-0.39, 0.29) is 0 Å². The summed E-state index contributed by atoms with van der Waals surface area (Å²) in [5, 5.41) is 11.4. The summed E-state index contributed by atoms with van der Waals surface area (Å²) in [4.78, 5) is 8.21. The molecule has 0 aliphatic carbocycles. The van der Waals surface area contributed by atoms with Crippen molar-refractivity contribution in [1.29, 1.82) is 0 Å². The Balaban J connectivity index is 2.00. The summed E-state index contributed by atoms with van der Waals surface area (Å²) in [7, 11) is 0. The van der Waals surface area contributed by atoms with Gasteiger partial charge in [-0.15, -0.1) is 11.3 Å². The molecule has 0 aromatic carbocycles. The minimum atomic E-state index is -0.778. The van der Waals surface area contributed by atoms with Gasteiger partial charge in [-0.3, -0.25) is 4.90 Å². The van der Waals surface area contributed by atoms with Crippen LogP contribution in [0.2, 0.25) is 0 Å². The first-order chi connectivity index (χ1) is 9.50. The minimum Gasteiger partial charge on any atom is -0.385 e. The lowest BCUT2D eigenvalue weighted by Gasteiger charge is -2.26. The van der Waals surface area contributed by atoms with E-state index >= 15 is 0 Å². The van der Waals surface area contributed by atoms with E-state index in [9.17, 15) is 5.11 Å². The van der Waals surface area contributed by atoms with Crippen molar-refractivity contribution in [3.8, 4) is 0 Å². The van der Waals surface area contributed by atoms with Crippen LogP contribution in [0.1, 0.15) is 42.8 Å². The summed E-state index contributed by atoms with van der Waals surface area (Å²) in [5.74, 6) is 0. The van der Waals surface area contributed by atoms with Gasteiger partial charge in [0.25, 0.3) is 0 Å². The van der Waals surface area contributed by atoms with Gasteiger partial charge >= 0.3 is 0 Å². The quantitative estimate of drug-likeness (QED) is 0.874. The molecule has 1 aromatic rings. The summed E-state index contributed by atoms with van der Waals surface area (Å²) in [6.07, 6.45) is 2.99. The molecule has 0 bridgehead atoms. The lowest BCUT2D eigenvalue weighted by Crippen LogP contribution is -2.37. The smallest absolute Gasteiger partial charge is 0.0950 e. The van der Waals surface area contributed by atoms with Gasteiger partial charge in [0.15, 0.2) is 0 Å². The number of hydrogen-bond donors (Lipinski definition) is 1. The maximum Gasteiger partial charge on any atom is 0.0950 e. The van der Waals surface area contributed by atoms with Crippen molar-refractivity contribution >= 4 is 11.3 Å². The zero-order valence-electron chi connectivity index (χ0n) is 12.8. The first-order valence-electron chi connectivity index (χ1n) is 7.52. The minimum absolute atomic E-state index is 0.778. The van der Waals surface area contributed by atoms with Crippen molar-refractivity contribution in [2.24, 2.45) is 0 Å². The fourth-order valence-electron chi connectivity index (χ4n) is 2.47. The van der Waals surface area contributed by atoms with Crippen molar-refractivity contribution < 1.29 is 9.84 Å². The van der Waals surface area contributed by atoms with Gasteiger partial charge in [-0.1, -0.05) is 13.3 Å². The second-order valence-electron chi connectivity index (χ2n) is 5.90. The molecule has 1 fully saturated rings. The normalized spacial score (nSPS) is 17.6. The van der Waals surface area contributed by atoms with Crippen molar-refractivity contribution in [1.82, 2.24) is 9.88 Å². The standard InChI is InChI=1S/C15H26N2O2S/c1-4-5-12-14(15(2,3)18)20-13(16-12)6-7-17-8-10-19-11-9-17/h18H,4-11H2,1-3H3. The third-order valence-electron chi connectivity index (χ3n) is 3.53. The molecule has 4 nitrogen and oxygen atoms in total. The van der Waals surface area contributed by atoms with Gasteiger partial charge in [0.05, 0.1) is 34.4 Å². The highest BCUT2D eigenvalue weighted by atomic mass is 32.1. The SMILES string of the molecule is CCCc1nc(CCN2CCOCC2)sc1C(C)(C)O. The second-order valence-corrected chi connectivity index (χ2v) is 6.98. The molecule has 0 amide bonds. The lowest BCUT2D eigenvalue weighted by molar-refractivity contribution is 0.0384. The number of aliphatic hydroxyl groups is 1. The predicted molar refractivity (Wildman–Crippen MR) is 82.3 cm³/mol. The number of rotatable bonds is 6. The van der Waals surface area contributed by atoms with Crippen LogP contribution in [0.4, 0.5) is 0 Å². The maximum absolute atomic E-state index is 10.3. The molecular weight excluding hydrogens is 272 g/mol. The Morgan fingerprint density at radius 3 is 2.60 bits per heavy atom. The van der Waals surface area contributed by atoms with Crippen LogP contribution in [0.15, 0.2) is 0 Å². The first-order valence-corrected chi connectivity index (χ1v) is 8.34. The zero-order chi connectivity index (χ0) is 14.6. The van der Waals surface area contributed by atoms with Gasteiger partial charge in [0.2, 0.25) is 0 Å². The van der Waals surface area contributed by atoms with E-state index in [1.165, 1.54) is 0 Å². The molecule has 1 N–H and O–H groups in total. The number of thiazole rings is 1. The molecule has 5 heteroatoms. The third kappa shape index (κ3) is 4.25. The molecule has 1 aliphatic heterocycles. The Hall–Kier alpha value is -0.490. The Morgan fingerprint density at radius 1 is 1.30 bits per heavy atom. The molecule has 0 unspecified atom stereocenters. The van der Waals surface area contributed by atoms with Gasteiger partial charge < -0.3 is 9.84 Å². The summed E-state index contributed by atoms with van der Waals surface area (Å²) in [5.41, 5.74) is 0.307. The van der Waals surface area contributed by atoms with E-state index in [0.29, 0.717) is 0 Å². The fourth-order valence-corrected chi connectivity index (χ4v) is 3.57. The Kier molecular flexibility index (Phi) is 5.55. The highest BCUT2D eigenvalue weighted by Gasteiger charge is 2.24. The van der Waals surface area contributed by atoms with Crippen LogP contribution in [-0.2, 0) is 23.2 Å². The van der Waals surface area contributed by atoms with E-state index < -0.39 is 5.60 Å². The molecule has 0 spiro atoms. The van der Waals surface area contributed by atoms with E-state index in [1.807, 2.05) is 13.8 Å². The van der Waals surface area contributed by atoms with E-state index in [2.05, 4.69) is 11.8 Å². The van der Waals surface area contributed by atoms with Crippen LogP contribution in [0.3, 0.4) is 0 Å². The number of aryl methyl sites for hydroxylation is 1. The number of aromatic nitrogens is 1. The molecule has 0 atom stereocenters. The van der Waals surface area contributed by atoms with Gasteiger partial charge in [0, 0.05) is 26.1 Å². The van der Waals surface area contributed by atoms with E-state index in [0.717, 1.165) is 67.7 Å². The maximum atomic E-state index is 10.3. The Bertz CT molecular complexity index is 420.